The number of hydrogen-bond donors (Lipinski definition) is 1. The number of pyridine rings is 1. The summed E-state index contributed by atoms with van der Waals surface area (Å²) in [5, 5.41) is 9.42. The Morgan fingerprint density at radius 2 is 2.10 bits per heavy atom. The van der Waals surface area contributed by atoms with E-state index in [9.17, 15) is 14.7 Å². The summed E-state index contributed by atoms with van der Waals surface area (Å²) >= 11 is 0. The number of carboxylic acids is 1. The Bertz CT molecular complexity index is 517. The molecule has 1 saturated carbocycles. The van der Waals surface area contributed by atoms with Gasteiger partial charge in [0.1, 0.15) is 6.04 Å². The topological polar surface area (TPSA) is 70.5 Å². The normalized spacial score (nSPS) is 29.0. The van der Waals surface area contributed by atoms with Gasteiger partial charge in [-0.2, -0.15) is 0 Å². The molecule has 1 amide bonds. The molecule has 3 rings (SSSR count). The van der Waals surface area contributed by atoms with Crippen molar-refractivity contribution in [1.82, 2.24) is 9.88 Å². The average Bonchev–Trinajstić information content (AvgIpc) is 2.87. The Labute approximate surface area is 117 Å². The van der Waals surface area contributed by atoms with Gasteiger partial charge in [0.05, 0.1) is 5.56 Å². The van der Waals surface area contributed by atoms with E-state index in [1.165, 1.54) is 6.20 Å². The molecule has 1 aromatic rings. The van der Waals surface area contributed by atoms with Crippen LogP contribution in [0.3, 0.4) is 0 Å². The molecule has 0 bridgehead atoms. The van der Waals surface area contributed by atoms with Crippen LogP contribution in [0.5, 0.6) is 0 Å². The highest BCUT2D eigenvalue weighted by atomic mass is 16.4. The van der Waals surface area contributed by atoms with Crippen LogP contribution in [0.4, 0.5) is 0 Å². The Kier molecular flexibility index (Phi) is 3.42. The monoisotopic (exact) mass is 274 g/mol. The van der Waals surface area contributed by atoms with E-state index in [1.54, 1.807) is 23.2 Å². The van der Waals surface area contributed by atoms with Crippen molar-refractivity contribution in [2.45, 2.75) is 44.2 Å². The van der Waals surface area contributed by atoms with Gasteiger partial charge in [0.15, 0.2) is 0 Å². The van der Waals surface area contributed by atoms with Crippen molar-refractivity contribution < 1.29 is 14.7 Å². The van der Waals surface area contributed by atoms with Crippen LogP contribution in [0.2, 0.25) is 0 Å². The van der Waals surface area contributed by atoms with E-state index in [4.69, 9.17) is 0 Å². The van der Waals surface area contributed by atoms with Crippen molar-refractivity contribution in [2.75, 3.05) is 0 Å². The molecule has 0 spiro atoms. The first-order chi connectivity index (χ1) is 9.68. The Morgan fingerprint density at radius 1 is 1.30 bits per heavy atom. The molecule has 3 atom stereocenters. The third-order valence-electron chi connectivity index (χ3n) is 4.52. The quantitative estimate of drug-likeness (QED) is 0.894. The zero-order valence-corrected chi connectivity index (χ0v) is 11.2. The zero-order valence-electron chi connectivity index (χ0n) is 11.2. The van der Waals surface area contributed by atoms with Crippen molar-refractivity contribution in [2.24, 2.45) is 5.92 Å². The molecule has 1 aliphatic heterocycles. The molecule has 20 heavy (non-hydrogen) atoms. The predicted molar refractivity (Wildman–Crippen MR) is 72.2 cm³/mol. The van der Waals surface area contributed by atoms with E-state index in [1.807, 2.05) is 0 Å². The van der Waals surface area contributed by atoms with Gasteiger partial charge in [0.25, 0.3) is 5.91 Å². The molecule has 1 saturated heterocycles. The standard InChI is InChI=1S/C15H18N2O3/c18-14(11-5-3-7-16-9-11)17-12-6-2-1-4-10(12)8-13(17)15(19)20/h3,5,7,9-10,12-13H,1-2,4,6,8H2,(H,19,20). The van der Waals surface area contributed by atoms with E-state index < -0.39 is 12.0 Å². The lowest BCUT2D eigenvalue weighted by molar-refractivity contribution is -0.141. The van der Waals surface area contributed by atoms with Gasteiger partial charge >= 0.3 is 5.97 Å². The van der Waals surface area contributed by atoms with E-state index in [-0.39, 0.29) is 11.9 Å². The number of aromatic nitrogens is 1. The molecule has 0 radical (unpaired) electrons. The Hall–Kier alpha value is -1.91. The van der Waals surface area contributed by atoms with Gasteiger partial charge < -0.3 is 10.0 Å². The lowest BCUT2D eigenvalue weighted by Crippen LogP contribution is -2.46. The smallest absolute Gasteiger partial charge is 0.326 e. The van der Waals surface area contributed by atoms with Crippen LogP contribution in [-0.4, -0.2) is 39.0 Å². The maximum absolute atomic E-state index is 12.6. The summed E-state index contributed by atoms with van der Waals surface area (Å²) in [4.78, 5) is 29.7. The summed E-state index contributed by atoms with van der Waals surface area (Å²) in [5.74, 6) is -0.748. The van der Waals surface area contributed by atoms with Crippen LogP contribution >= 0.6 is 0 Å². The molecule has 3 unspecified atom stereocenters. The van der Waals surface area contributed by atoms with E-state index in [0.717, 1.165) is 25.7 Å². The summed E-state index contributed by atoms with van der Waals surface area (Å²) in [6.45, 7) is 0. The second kappa shape index (κ2) is 5.23. The number of fused-ring (bicyclic) bond motifs is 1. The lowest BCUT2D eigenvalue weighted by atomic mass is 9.84. The number of carbonyl (C=O) groups excluding carboxylic acids is 1. The van der Waals surface area contributed by atoms with Crippen LogP contribution in [0.25, 0.3) is 0 Å². The molecule has 1 aliphatic carbocycles. The van der Waals surface area contributed by atoms with Crippen molar-refractivity contribution in [3.05, 3.63) is 30.1 Å². The summed E-state index contributed by atoms with van der Waals surface area (Å²) in [6.07, 6.45) is 7.88. The third kappa shape index (κ3) is 2.17. The summed E-state index contributed by atoms with van der Waals surface area (Å²) < 4.78 is 0. The fraction of sp³-hybridized carbons (Fsp3) is 0.533. The van der Waals surface area contributed by atoms with Crippen LogP contribution in [0.1, 0.15) is 42.5 Å². The van der Waals surface area contributed by atoms with Gasteiger partial charge in [-0.15, -0.1) is 0 Å². The number of aliphatic carboxylic acids is 1. The molecule has 1 N–H and O–H groups in total. The number of hydrogen-bond acceptors (Lipinski definition) is 3. The first kappa shape index (κ1) is 13.1. The molecule has 2 aliphatic rings. The lowest BCUT2D eigenvalue weighted by Gasteiger charge is -2.33. The van der Waals surface area contributed by atoms with Gasteiger partial charge in [-0.25, -0.2) is 4.79 Å². The third-order valence-corrected chi connectivity index (χ3v) is 4.52. The van der Waals surface area contributed by atoms with E-state index in [2.05, 4.69) is 4.98 Å². The highest BCUT2D eigenvalue weighted by molar-refractivity contribution is 5.97. The summed E-state index contributed by atoms with van der Waals surface area (Å²) in [7, 11) is 0. The predicted octanol–water partition coefficient (Wildman–Crippen LogP) is 1.94. The number of likely N-dealkylation sites (tertiary alicyclic amines) is 1. The van der Waals surface area contributed by atoms with Crippen LogP contribution < -0.4 is 0 Å². The maximum Gasteiger partial charge on any atom is 0.326 e. The van der Waals surface area contributed by atoms with E-state index in [0.29, 0.717) is 17.9 Å². The van der Waals surface area contributed by atoms with E-state index >= 15 is 0 Å². The number of carboxylic acid groups (broad SMARTS) is 1. The van der Waals surface area contributed by atoms with Crippen LogP contribution in [-0.2, 0) is 4.79 Å². The minimum absolute atomic E-state index is 0.0811. The molecule has 5 heteroatoms. The molecule has 2 fully saturated rings. The fourth-order valence-electron chi connectivity index (χ4n) is 3.61. The van der Waals surface area contributed by atoms with Gasteiger partial charge in [0.2, 0.25) is 0 Å². The average molecular weight is 274 g/mol. The Morgan fingerprint density at radius 3 is 2.80 bits per heavy atom. The molecule has 5 nitrogen and oxygen atoms in total. The number of amides is 1. The van der Waals surface area contributed by atoms with Crippen molar-refractivity contribution in [1.29, 1.82) is 0 Å². The number of rotatable bonds is 2. The first-order valence-electron chi connectivity index (χ1n) is 7.14. The number of carbonyl (C=O) groups is 2. The van der Waals surface area contributed by atoms with Crippen molar-refractivity contribution in [3.8, 4) is 0 Å². The minimum Gasteiger partial charge on any atom is -0.480 e. The molecular weight excluding hydrogens is 256 g/mol. The summed E-state index contributed by atoms with van der Waals surface area (Å²) in [5.41, 5.74) is 0.477. The second-order valence-corrected chi connectivity index (χ2v) is 5.66. The van der Waals surface area contributed by atoms with Gasteiger partial charge in [-0.05, 0) is 37.3 Å². The van der Waals surface area contributed by atoms with Gasteiger partial charge in [-0.3, -0.25) is 9.78 Å². The second-order valence-electron chi connectivity index (χ2n) is 5.66. The first-order valence-corrected chi connectivity index (χ1v) is 7.14. The highest BCUT2D eigenvalue weighted by Gasteiger charge is 2.47. The molecule has 1 aromatic heterocycles. The molecule has 0 aromatic carbocycles. The highest BCUT2D eigenvalue weighted by Crippen LogP contribution is 2.40. The van der Waals surface area contributed by atoms with Crippen LogP contribution in [0, 0.1) is 5.92 Å². The summed E-state index contributed by atoms with van der Waals surface area (Å²) in [6, 6.07) is 2.80. The maximum atomic E-state index is 12.6. The van der Waals surface area contributed by atoms with Crippen molar-refractivity contribution in [3.63, 3.8) is 0 Å². The van der Waals surface area contributed by atoms with Gasteiger partial charge in [0, 0.05) is 18.4 Å². The molecule has 2 heterocycles. The largest absolute Gasteiger partial charge is 0.480 e. The molecule has 106 valence electrons. The van der Waals surface area contributed by atoms with Crippen LogP contribution in [0.15, 0.2) is 24.5 Å². The zero-order chi connectivity index (χ0) is 14.1. The van der Waals surface area contributed by atoms with Crippen molar-refractivity contribution >= 4 is 11.9 Å². The minimum atomic E-state index is -0.892. The fourth-order valence-corrected chi connectivity index (χ4v) is 3.61. The molecular formula is C15H18N2O3. The Balaban J connectivity index is 1.91. The number of nitrogens with zero attached hydrogens (tertiary/aromatic N) is 2. The SMILES string of the molecule is O=C(O)C1CC2CCCCC2N1C(=O)c1cccnc1. The van der Waals surface area contributed by atoms with Gasteiger partial charge in [-0.1, -0.05) is 12.8 Å².